The van der Waals surface area contributed by atoms with E-state index in [1.807, 2.05) is 82.2 Å². The molecule has 1 amide bonds. The second-order valence-corrected chi connectivity index (χ2v) is 7.77. The Morgan fingerprint density at radius 1 is 1.10 bits per heavy atom. The van der Waals surface area contributed by atoms with E-state index in [0.29, 0.717) is 11.5 Å². The van der Waals surface area contributed by atoms with Gasteiger partial charge in [-0.15, -0.1) is 0 Å². The van der Waals surface area contributed by atoms with Gasteiger partial charge in [0.2, 0.25) is 5.95 Å². The number of aromatic nitrogens is 4. The van der Waals surface area contributed by atoms with Crippen LogP contribution < -0.4 is 15.5 Å². The van der Waals surface area contributed by atoms with Crippen molar-refractivity contribution in [2.75, 3.05) is 29.6 Å². The molecule has 8 nitrogen and oxygen atoms in total. The molecule has 0 unspecified atom stereocenters. The number of benzene rings is 2. The molecule has 0 spiro atoms. The lowest BCUT2D eigenvalue weighted by atomic mass is 9.94. The molecule has 3 aromatic rings. The number of carbonyl (C=O) groups is 1. The van der Waals surface area contributed by atoms with Crippen molar-refractivity contribution in [2.24, 2.45) is 0 Å². The Kier molecular flexibility index (Phi) is 4.99. The van der Waals surface area contributed by atoms with Gasteiger partial charge in [-0.25, -0.2) is 0 Å². The largest absolute Gasteiger partial charge is 0.378 e. The van der Waals surface area contributed by atoms with E-state index in [0.717, 1.165) is 33.8 Å². The number of hydrogen-bond donors (Lipinski definition) is 2. The molecule has 4 rings (SSSR count). The number of tetrazole rings is 1. The second kappa shape index (κ2) is 7.62. The second-order valence-electron chi connectivity index (χ2n) is 7.77. The number of aryl methyl sites for hydroxylation is 2. The summed E-state index contributed by atoms with van der Waals surface area (Å²) in [6.07, 6.45) is 0. The van der Waals surface area contributed by atoms with Gasteiger partial charge in [0.05, 0.1) is 5.57 Å². The molecule has 2 N–H and O–H groups in total. The molecule has 2 aromatic carbocycles. The zero-order valence-electron chi connectivity index (χ0n) is 17.8. The molecule has 1 aliphatic rings. The van der Waals surface area contributed by atoms with E-state index in [2.05, 4.69) is 26.2 Å². The first-order valence-electron chi connectivity index (χ1n) is 9.76. The fourth-order valence-electron chi connectivity index (χ4n) is 3.71. The minimum Gasteiger partial charge on any atom is -0.378 e. The highest BCUT2D eigenvalue weighted by atomic mass is 16.1. The number of hydrogen-bond acceptors (Lipinski definition) is 6. The van der Waals surface area contributed by atoms with Gasteiger partial charge in [0, 0.05) is 31.2 Å². The number of nitrogens with zero attached hydrogens (tertiary/aromatic N) is 5. The third-order valence-corrected chi connectivity index (χ3v) is 5.31. The lowest BCUT2D eigenvalue weighted by Gasteiger charge is -2.28. The Morgan fingerprint density at radius 3 is 2.50 bits per heavy atom. The van der Waals surface area contributed by atoms with E-state index >= 15 is 0 Å². The summed E-state index contributed by atoms with van der Waals surface area (Å²) in [6, 6.07) is 13.6. The molecule has 0 radical (unpaired) electrons. The fraction of sp³-hybridized carbons (Fsp3) is 0.273. The first-order valence-corrected chi connectivity index (χ1v) is 9.76. The highest BCUT2D eigenvalue weighted by molar-refractivity contribution is 6.06. The van der Waals surface area contributed by atoms with Crippen molar-refractivity contribution >= 4 is 23.2 Å². The molecule has 1 atom stereocenters. The molecule has 154 valence electrons. The molecule has 1 aliphatic heterocycles. The zero-order chi connectivity index (χ0) is 21.4. The Bertz CT molecular complexity index is 1130. The minimum absolute atomic E-state index is 0.185. The Labute approximate surface area is 175 Å². The number of nitrogens with one attached hydrogen (secondary N) is 2. The Hall–Kier alpha value is -3.68. The fourth-order valence-corrected chi connectivity index (χ4v) is 3.71. The van der Waals surface area contributed by atoms with Crippen molar-refractivity contribution in [3.05, 3.63) is 70.4 Å². The summed E-state index contributed by atoms with van der Waals surface area (Å²) in [6.45, 7) is 5.89. The van der Waals surface area contributed by atoms with Gasteiger partial charge in [0.25, 0.3) is 5.91 Å². The highest BCUT2D eigenvalue weighted by Gasteiger charge is 2.34. The van der Waals surface area contributed by atoms with Gasteiger partial charge in [-0.05, 0) is 60.5 Å². The van der Waals surface area contributed by atoms with E-state index in [1.54, 1.807) is 4.68 Å². The molecule has 0 saturated carbocycles. The van der Waals surface area contributed by atoms with Crippen molar-refractivity contribution in [3.8, 4) is 0 Å². The number of allylic oxidation sites excluding steroid dienone is 1. The average Bonchev–Trinajstić information content (AvgIpc) is 3.17. The van der Waals surface area contributed by atoms with Crippen LogP contribution in [-0.2, 0) is 4.79 Å². The van der Waals surface area contributed by atoms with Gasteiger partial charge >= 0.3 is 0 Å². The number of rotatable bonds is 4. The normalized spacial score (nSPS) is 15.4. The molecule has 0 aliphatic carbocycles. The van der Waals surface area contributed by atoms with Crippen LogP contribution >= 0.6 is 0 Å². The number of carbonyl (C=O) groups excluding carboxylic acids is 1. The van der Waals surface area contributed by atoms with E-state index < -0.39 is 6.04 Å². The van der Waals surface area contributed by atoms with E-state index in [-0.39, 0.29) is 5.91 Å². The molecule has 8 heteroatoms. The number of anilines is 3. The molecular weight excluding hydrogens is 378 g/mol. The minimum atomic E-state index is -0.432. The summed E-state index contributed by atoms with van der Waals surface area (Å²) in [4.78, 5) is 15.4. The van der Waals surface area contributed by atoms with Crippen LogP contribution in [0.1, 0.15) is 29.7 Å². The Morgan fingerprint density at radius 2 is 1.83 bits per heavy atom. The van der Waals surface area contributed by atoms with Gasteiger partial charge in [-0.2, -0.15) is 4.68 Å². The summed E-state index contributed by atoms with van der Waals surface area (Å²) in [5, 5.41) is 18.2. The summed E-state index contributed by atoms with van der Waals surface area (Å²) < 4.78 is 1.65. The third-order valence-electron chi connectivity index (χ3n) is 5.31. The van der Waals surface area contributed by atoms with Gasteiger partial charge < -0.3 is 15.5 Å². The van der Waals surface area contributed by atoms with Crippen molar-refractivity contribution in [1.82, 2.24) is 20.2 Å². The van der Waals surface area contributed by atoms with Crippen molar-refractivity contribution in [3.63, 3.8) is 0 Å². The van der Waals surface area contributed by atoms with Crippen LogP contribution in [0.3, 0.4) is 0 Å². The van der Waals surface area contributed by atoms with Gasteiger partial charge in [0.1, 0.15) is 6.04 Å². The smallest absolute Gasteiger partial charge is 0.255 e. The van der Waals surface area contributed by atoms with Crippen LogP contribution in [0.2, 0.25) is 0 Å². The lowest BCUT2D eigenvalue weighted by Crippen LogP contribution is -2.31. The number of fused-ring (bicyclic) bond motifs is 1. The SMILES string of the molecule is CC1=C(C(=O)Nc2ccc(C)cc2C)[C@H](c2ccc(N(C)C)cc2)n2nnnc2N1. The third kappa shape index (κ3) is 3.52. The van der Waals surface area contributed by atoms with Gasteiger partial charge in [-0.3, -0.25) is 4.79 Å². The zero-order valence-corrected chi connectivity index (χ0v) is 17.8. The summed E-state index contributed by atoms with van der Waals surface area (Å²) >= 11 is 0. The molecule has 30 heavy (non-hydrogen) atoms. The monoisotopic (exact) mass is 403 g/mol. The summed E-state index contributed by atoms with van der Waals surface area (Å²) in [5.74, 6) is 0.326. The predicted octanol–water partition coefficient (Wildman–Crippen LogP) is 3.28. The first kappa shape index (κ1) is 19.6. The Balaban J connectivity index is 1.74. The average molecular weight is 403 g/mol. The van der Waals surface area contributed by atoms with Crippen LogP contribution in [0, 0.1) is 13.8 Å². The number of amides is 1. The topological polar surface area (TPSA) is 88.0 Å². The first-order chi connectivity index (χ1) is 14.3. The van der Waals surface area contributed by atoms with Crippen LogP contribution in [0.5, 0.6) is 0 Å². The molecule has 1 aromatic heterocycles. The van der Waals surface area contributed by atoms with Crippen molar-refractivity contribution in [2.45, 2.75) is 26.8 Å². The predicted molar refractivity (Wildman–Crippen MR) is 118 cm³/mol. The van der Waals surface area contributed by atoms with E-state index in [9.17, 15) is 4.79 Å². The van der Waals surface area contributed by atoms with Crippen LogP contribution in [-0.4, -0.2) is 40.2 Å². The van der Waals surface area contributed by atoms with E-state index in [4.69, 9.17) is 0 Å². The van der Waals surface area contributed by atoms with E-state index in [1.165, 1.54) is 0 Å². The summed E-state index contributed by atoms with van der Waals surface area (Å²) in [7, 11) is 3.98. The van der Waals surface area contributed by atoms with Crippen LogP contribution in [0.25, 0.3) is 0 Å². The highest BCUT2D eigenvalue weighted by Crippen LogP contribution is 2.35. The van der Waals surface area contributed by atoms with Crippen molar-refractivity contribution < 1.29 is 4.79 Å². The van der Waals surface area contributed by atoms with Crippen LogP contribution in [0.4, 0.5) is 17.3 Å². The standard InChI is InChI=1S/C22H25N7O/c1-13-6-11-18(14(2)12-13)24-21(30)19-15(3)23-22-25-26-27-29(22)20(19)16-7-9-17(10-8-16)28(4)5/h6-12,20H,1-5H3,(H,24,30)(H,23,25,27)/t20-/m0/s1. The van der Waals surface area contributed by atoms with Crippen molar-refractivity contribution in [1.29, 1.82) is 0 Å². The molecular formula is C22H25N7O. The maximum atomic E-state index is 13.4. The van der Waals surface area contributed by atoms with Crippen LogP contribution in [0.15, 0.2) is 53.7 Å². The van der Waals surface area contributed by atoms with Gasteiger partial charge in [0.15, 0.2) is 0 Å². The molecule has 0 saturated heterocycles. The summed E-state index contributed by atoms with van der Waals surface area (Å²) in [5.41, 5.74) is 6.26. The quantitative estimate of drug-likeness (QED) is 0.695. The van der Waals surface area contributed by atoms with Gasteiger partial charge in [-0.1, -0.05) is 34.9 Å². The molecule has 0 bridgehead atoms. The maximum Gasteiger partial charge on any atom is 0.255 e. The lowest BCUT2D eigenvalue weighted by molar-refractivity contribution is -0.113. The maximum absolute atomic E-state index is 13.4. The molecule has 0 fully saturated rings. The molecule has 2 heterocycles.